The summed E-state index contributed by atoms with van der Waals surface area (Å²) in [5, 5.41) is 0. The van der Waals surface area contributed by atoms with Gasteiger partial charge in [-0.1, -0.05) is 316 Å². The van der Waals surface area contributed by atoms with Crippen molar-refractivity contribution in [2.24, 2.45) is 0 Å². The lowest BCUT2D eigenvalue weighted by atomic mass is 10.0. The van der Waals surface area contributed by atoms with Crippen LogP contribution in [0.1, 0.15) is 335 Å². The molecule has 0 aromatic carbocycles. The SMILES string of the molecule is CC/C=C\C/C=C\C/C=C\C/C=C\C/C=C\C/C=C\C/C=C\CCCCCCCC(=O)OCC(COC(=O)CCCCCCCCC/C=C\C/C=C\CCCCC)OC(=O)CCCCCCCCCCCCCCCCCCCCCC. The number of hydrogen-bond donors (Lipinski definition) is 0. The molecule has 1 unspecified atom stereocenters. The molecule has 6 nitrogen and oxygen atoms in total. The van der Waals surface area contributed by atoms with Crippen LogP contribution in [-0.4, -0.2) is 37.2 Å². The fourth-order valence-electron chi connectivity index (χ4n) is 9.81. The smallest absolute Gasteiger partial charge is 0.306 e. The molecule has 0 saturated heterocycles. The minimum absolute atomic E-state index is 0.0867. The summed E-state index contributed by atoms with van der Waals surface area (Å²) in [4.78, 5) is 38.5. The highest BCUT2D eigenvalue weighted by Crippen LogP contribution is 2.17. The van der Waals surface area contributed by atoms with E-state index in [9.17, 15) is 14.4 Å². The van der Waals surface area contributed by atoms with Gasteiger partial charge in [-0.25, -0.2) is 0 Å². The summed E-state index contributed by atoms with van der Waals surface area (Å²) in [5.74, 6) is -0.898. The predicted molar refractivity (Wildman–Crippen MR) is 357 cm³/mol. The van der Waals surface area contributed by atoms with Crippen molar-refractivity contribution < 1.29 is 28.6 Å². The number of esters is 3. The summed E-state index contributed by atoms with van der Waals surface area (Å²) >= 11 is 0. The van der Waals surface area contributed by atoms with Crippen LogP contribution in [0.2, 0.25) is 0 Å². The van der Waals surface area contributed by atoms with E-state index in [4.69, 9.17) is 14.2 Å². The van der Waals surface area contributed by atoms with E-state index in [2.05, 4.69) is 130 Å². The summed E-state index contributed by atoms with van der Waals surface area (Å²) in [6.45, 7) is 6.52. The largest absolute Gasteiger partial charge is 0.462 e. The molecule has 0 aliphatic heterocycles. The summed E-state index contributed by atoms with van der Waals surface area (Å²) in [7, 11) is 0. The molecule has 1 atom stereocenters. The van der Waals surface area contributed by atoms with Gasteiger partial charge in [0.25, 0.3) is 0 Å². The molecule has 0 bridgehead atoms. The molecule has 0 saturated carbocycles. The third-order valence-electron chi connectivity index (χ3n) is 15.0. The Balaban J connectivity index is 4.41. The number of allylic oxidation sites excluding steroid dienone is 18. The molecule has 6 heteroatoms. The molecule has 0 spiro atoms. The Kier molecular flexibility index (Phi) is 66.2. The highest BCUT2D eigenvalue weighted by atomic mass is 16.6. The summed E-state index contributed by atoms with van der Waals surface area (Å²) in [5.41, 5.74) is 0. The first-order valence-corrected chi connectivity index (χ1v) is 34.9. The number of ether oxygens (including phenoxy) is 3. The number of carbonyl (C=O) groups is 3. The molecule has 0 N–H and O–H groups in total. The second-order valence-corrected chi connectivity index (χ2v) is 23.1. The van der Waals surface area contributed by atoms with E-state index in [0.717, 1.165) is 135 Å². The minimum Gasteiger partial charge on any atom is -0.462 e. The minimum atomic E-state index is -0.792. The van der Waals surface area contributed by atoms with Crippen molar-refractivity contribution in [1.82, 2.24) is 0 Å². The number of hydrogen-bond acceptors (Lipinski definition) is 6. The van der Waals surface area contributed by atoms with E-state index in [1.54, 1.807) is 0 Å². The lowest BCUT2D eigenvalue weighted by Gasteiger charge is -2.18. The van der Waals surface area contributed by atoms with Crippen LogP contribution >= 0.6 is 0 Å². The van der Waals surface area contributed by atoms with E-state index in [1.807, 2.05) is 0 Å². The van der Waals surface area contributed by atoms with Crippen molar-refractivity contribution in [3.05, 3.63) is 109 Å². The molecule has 82 heavy (non-hydrogen) atoms. The van der Waals surface area contributed by atoms with Gasteiger partial charge < -0.3 is 14.2 Å². The Labute approximate surface area is 508 Å². The van der Waals surface area contributed by atoms with Crippen LogP contribution in [0.3, 0.4) is 0 Å². The van der Waals surface area contributed by atoms with Gasteiger partial charge in [0, 0.05) is 19.3 Å². The van der Waals surface area contributed by atoms with Gasteiger partial charge in [0.1, 0.15) is 13.2 Å². The van der Waals surface area contributed by atoms with Crippen LogP contribution in [0, 0.1) is 0 Å². The summed E-state index contributed by atoms with van der Waals surface area (Å²) in [6.07, 6.45) is 95.3. The van der Waals surface area contributed by atoms with Crippen molar-refractivity contribution in [3.63, 3.8) is 0 Å². The molecule has 0 aliphatic carbocycles. The van der Waals surface area contributed by atoms with Crippen molar-refractivity contribution in [1.29, 1.82) is 0 Å². The van der Waals surface area contributed by atoms with Gasteiger partial charge in [-0.3, -0.25) is 14.4 Å². The predicted octanol–water partition coefficient (Wildman–Crippen LogP) is 24.2. The Morgan fingerprint density at radius 1 is 0.256 bits per heavy atom. The van der Waals surface area contributed by atoms with Gasteiger partial charge in [0.15, 0.2) is 6.10 Å². The zero-order chi connectivity index (χ0) is 59.2. The maximum Gasteiger partial charge on any atom is 0.306 e. The monoisotopic (exact) mass is 1140 g/mol. The van der Waals surface area contributed by atoms with Crippen LogP contribution in [0.25, 0.3) is 0 Å². The Morgan fingerprint density at radius 3 is 0.768 bits per heavy atom. The lowest BCUT2D eigenvalue weighted by molar-refractivity contribution is -0.167. The highest BCUT2D eigenvalue weighted by molar-refractivity contribution is 5.71. The summed E-state index contributed by atoms with van der Waals surface area (Å²) < 4.78 is 17.0. The van der Waals surface area contributed by atoms with Crippen molar-refractivity contribution >= 4 is 17.9 Å². The van der Waals surface area contributed by atoms with Gasteiger partial charge in [0.2, 0.25) is 0 Å². The van der Waals surface area contributed by atoms with Crippen LogP contribution in [-0.2, 0) is 28.6 Å². The molecule has 0 rings (SSSR count). The first-order valence-electron chi connectivity index (χ1n) is 34.9. The van der Waals surface area contributed by atoms with Crippen molar-refractivity contribution in [3.8, 4) is 0 Å². The molecule has 0 aromatic heterocycles. The number of rotatable bonds is 63. The molecular weight excluding hydrogens is 1010 g/mol. The third-order valence-corrected chi connectivity index (χ3v) is 15.0. The van der Waals surface area contributed by atoms with Crippen molar-refractivity contribution in [2.45, 2.75) is 341 Å². The van der Waals surface area contributed by atoms with Gasteiger partial charge in [0.05, 0.1) is 0 Å². The van der Waals surface area contributed by atoms with E-state index < -0.39 is 6.10 Å². The quantitative estimate of drug-likeness (QED) is 0.0261. The number of carbonyl (C=O) groups excluding carboxylic acids is 3. The maximum absolute atomic E-state index is 13.0. The molecule has 0 heterocycles. The van der Waals surface area contributed by atoms with E-state index >= 15 is 0 Å². The van der Waals surface area contributed by atoms with Gasteiger partial charge in [-0.2, -0.15) is 0 Å². The Hall–Kier alpha value is -3.93. The molecule has 0 aromatic rings. The third kappa shape index (κ3) is 66.9. The van der Waals surface area contributed by atoms with Crippen LogP contribution in [0.15, 0.2) is 109 Å². The molecule has 0 aliphatic rings. The molecule has 0 radical (unpaired) electrons. The van der Waals surface area contributed by atoms with Crippen LogP contribution in [0.4, 0.5) is 0 Å². The summed E-state index contributed by atoms with van der Waals surface area (Å²) in [6, 6.07) is 0. The molecule has 0 fully saturated rings. The molecule has 470 valence electrons. The zero-order valence-corrected chi connectivity index (χ0v) is 54.0. The van der Waals surface area contributed by atoms with Gasteiger partial charge in [-0.15, -0.1) is 0 Å². The first-order chi connectivity index (χ1) is 40.5. The van der Waals surface area contributed by atoms with Crippen molar-refractivity contribution in [2.75, 3.05) is 13.2 Å². The topological polar surface area (TPSA) is 78.9 Å². The fraction of sp³-hybridized carbons (Fsp3) is 0.724. The zero-order valence-electron chi connectivity index (χ0n) is 54.0. The van der Waals surface area contributed by atoms with Crippen LogP contribution < -0.4 is 0 Å². The standard InChI is InChI=1S/C76H130O6/c1-4-7-10-13-16-19-22-25-28-31-33-35-36-37-38-39-40-41-43-45-48-51-54-57-60-63-66-69-75(78)81-72-73(71-80-74(77)68-65-62-59-56-53-50-47-44-30-27-24-21-18-15-12-9-6-3)82-76(79)70-67-64-61-58-55-52-49-46-42-34-32-29-26-23-20-17-14-11-8-5-2/h7,10,16,18-19,21,25,27-28,30,33,35,37-38,40-41,45,48,73H,4-6,8-9,11-15,17,20,22-24,26,29,31-32,34,36,39,42-44,46-47,49-72H2,1-3H3/b10-7-,19-16-,21-18-,28-25-,30-27-,35-33-,38-37-,41-40-,48-45-. The second-order valence-electron chi connectivity index (χ2n) is 23.1. The maximum atomic E-state index is 13.0. The lowest BCUT2D eigenvalue weighted by Crippen LogP contribution is -2.30. The molecular formula is C76H130O6. The number of unbranched alkanes of at least 4 members (excludes halogenated alkanes) is 34. The molecule has 0 amide bonds. The van der Waals surface area contributed by atoms with Gasteiger partial charge in [-0.05, 0) is 109 Å². The van der Waals surface area contributed by atoms with Crippen LogP contribution in [0.5, 0.6) is 0 Å². The van der Waals surface area contributed by atoms with E-state index in [0.29, 0.717) is 19.3 Å². The highest BCUT2D eigenvalue weighted by Gasteiger charge is 2.19. The first kappa shape index (κ1) is 78.1. The Morgan fingerprint density at radius 2 is 0.476 bits per heavy atom. The normalized spacial score (nSPS) is 12.8. The van der Waals surface area contributed by atoms with E-state index in [1.165, 1.54) is 161 Å². The average molecular weight is 1140 g/mol. The second kappa shape index (κ2) is 69.6. The van der Waals surface area contributed by atoms with E-state index in [-0.39, 0.29) is 31.1 Å². The average Bonchev–Trinajstić information content (AvgIpc) is 3.47. The van der Waals surface area contributed by atoms with Gasteiger partial charge >= 0.3 is 17.9 Å². The fourth-order valence-corrected chi connectivity index (χ4v) is 9.81. The Bertz CT molecular complexity index is 1640.